The summed E-state index contributed by atoms with van der Waals surface area (Å²) in [6.07, 6.45) is 5.01. The van der Waals surface area contributed by atoms with Gasteiger partial charge in [-0.1, -0.05) is 0 Å². The number of hydrogen-bond acceptors (Lipinski definition) is 3. The van der Waals surface area contributed by atoms with Gasteiger partial charge in [-0.25, -0.2) is 0 Å². The van der Waals surface area contributed by atoms with Gasteiger partial charge in [-0.3, -0.25) is 4.68 Å². The third-order valence-corrected chi connectivity index (χ3v) is 5.16. The molecule has 20 heavy (non-hydrogen) atoms. The molecule has 2 fully saturated rings. The molecular formula is C16H28N4. The largest absolute Gasteiger partial charge is 0.317 e. The number of aromatic nitrogens is 2. The predicted molar refractivity (Wildman–Crippen MR) is 82.3 cm³/mol. The van der Waals surface area contributed by atoms with Crippen LogP contribution in [-0.2, 0) is 0 Å². The highest BCUT2D eigenvalue weighted by atomic mass is 15.3. The lowest BCUT2D eigenvalue weighted by Crippen LogP contribution is -2.32. The Kier molecular flexibility index (Phi) is 4.13. The summed E-state index contributed by atoms with van der Waals surface area (Å²) in [5.41, 5.74) is 4.25. The molecule has 0 unspecified atom stereocenters. The summed E-state index contributed by atoms with van der Waals surface area (Å²) >= 11 is 0. The van der Waals surface area contributed by atoms with E-state index in [-0.39, 0.29) is 0 Å². The van der Waals surface area contributed by atoms with Crippen LogP contribution in [0.4, 0.5) is 0 Å². The molecule has 2 saturated heterocycles. The fourth-order valence-corrected chi connectivity index (χ4v) is 3.97. The number of nitrogens with one attached hydrogen (secondary N) is 1. The van der Waals surface area contributed by atoms with Gasteiger partial charge in [0, 0.05) is 5.69 Å². The summed E-state index contributed by atoms with van der Waals surface area (Å²) < 4.78 is 2.35. The Morgan fingerprint density at radius 2 is 1.70 bits per heavy atom. The summed E-state index contributed by atoms with van der Waals surface area (Å²) in [4.78, 5) is 2.43. The van der Waals surface area contributed by atoms with E-state index >= 15 is 0 Å². The zero-order valence-electron chi connectivity index (χ0n) is 13.2. The van der Waals surface area contributed by atoms with Crippen molar-refractivity contribution in [1.29, 1.82) is 0 Å². The fraction of sp³-hybridized carbons (Fsp3) is 0.812. The summed E-state index contributed by atoms with van der Waals surface area (Å²) in [6.45, 7) is 9.20. The minimum atomic E-state index is 0.611. The van der Waals surface area contributed by atoms with Crippen LogP contribution in [-0.4, -0.2) is 47.9 Å². The molecule has 1 aromatic heterocycles. The summed E-state index contributed by atoms with van der Waals surface area (Å²) in [7, 11) is 2.22. The van der Waals surface area contributed by atoms with Crippen LogP contribution >= 0.6 is 0 Å². The Hall–Kier alpha value is -0.870. The van der Waals surface area contributed by atoms with Crippen molar-refractivity contribution >= 4 is 0 Å². The third kappa shape index (κ3) is 2.63. The molecule has 0 saturated carbocycles. The maximum Gasteiger partial charge on any atom is 0.0631 e. The van der Waals surface area contributed by atoms with E-state index in [4.69, 9.17) is 5.10 Å². The average Bonchev–Trinajstić information content (AvgIpc) is 2.76. The SMILES string of the molecule is Cc1nn(C2CCN(C)CC2)c(C)c1C1CCNCC1. The van der Waals surface area contributed by atoms with Crippen LogP contribution in [0.25, 0.3) is 0 Å². The quantitative estimate of drug-likeness (QED) is 0.899. The van der Waals surface area contributed by atoms with Crippen molar-refractivity contribution in [3.8, 4) is 0 Å². The van der Waals surface area contributed by atoms with E-state index in [2.05, 4.69) is 35.8 Å². The Bertz CT molecular complexity index is 451. The highest BCUT2D eigenvalue weighted by molar-refractivity contribution is 5.29. The van der Waals surface area contributed by atoms with Crippen LogP contribution in [0.5, 0.6) is 0 Å². The summed E-state index contributed by atoms with van der Waals surface area (Å²) in [6, 6.07) is 0.611. The second-order valence-electron chi connectivity index (χ2n) is 6.59. The highest BCUT2D eigenvalue weighted by Gasteiger charge is 2.26. The topological polar surface area (TPSA) is 33.1 Å². The van der Waals surface area contributed by atoms with Gasteiger partial charge >= 0.3 is 0 Å². The van der Waals surface area contributed by atoms with Crippen LogP contribution < -0.4 is 5.32 Å². The summed E-state index contributed by atoms with van der Waals surface area (Å²) in [5.74, 6) is 0.719. The lowest BCUT2D eigenvalue weighted by atomic mass is 9.89. The number of aryl methyl sites for hydroxylation is 1. The normalized spacial score (nSPS) is 23.4. The number of piperidine rings is 2. The van der Waals surface area contributed by atoms with E-state index < -0.39 is 0 Å². The molecule has 3 rings (SSSR count). The second-order valence-corrected chi connectivity index (χ2v) is 6.59. The third-order valence-electron chi connectivity index (χ3n) is 5.16. The molecule has 0 amide bonds. The van der Waals surface area contributed by atoms with Gasteiger partial charge < -0.3 is 10.2 Å². The Labute approximate surface area is 122 Å². The van der Waals surface area contributed by atoms with Crippen molar-refractivity contribution in [3.05, 3.63) is 17.0 Å². The van der Waals surface area contributed by atoms with Gasteiger partial charge in [0.05, 0.1) is 11.7 Å². The molecule has 0 bridgehead atoms. The van der Waals surface area contributed by atoms with E-state index in [0.29, 0.717) is 6.04 Å². The average molecular weight is 276 g/mol. The predicted octanol–water partition coefficient (Wildman–Crippen LogP) is 2.23. The molecular weight excluding hydrogens is 248 g/mol. The molecule has 1 N–H and O–H groups in total. The summed E-state index contributed by atoms with van der Waals surface area (Å²) in [5, 5.41) is 8.38. The van der Waals surface area contributed by atoms with Gasteiger partial charge in [0.1, 0.15) is 0 Å². The lowest BCUT2D eigenvalue weighted by molar-refractivity contribution is 0.210. The molecule has 0 atom stereocenters. The van der Waals surface area contributed by atoms with Gasteiger partial charge in [-0.15, -0.1) is 0 Å². The van der Waals surface area contributed by atoms with Crippen molar-refractivity contribution < 1.29 is 0 Å². The maximum absolute atomic E-state index is 4.91. The van der Waals surface area contributed by atoms with Gasteiger partial charge in [-0.05, 0) is 84.2 Å². The molecule has 1 aromatic rings. The smallest absolute Gasteiger partial charge is 0.0631 e. The molecule has 0 spiro atoms. The fourth-order valence-electron chi connectivity index (χ4n) is 3.97. The maximum atomic E-state index is 4.91. The van der Waals surface area contributed by atoms with Gasteiger partial charge in [-0.2, -0.15) is 5.10 Å². The van der Waals surface area contributed by atoms with Crippen LogP contribution in [0.2, 0.25) is 0 Å². The van der Waals surface area contributed by atoms with Crippen LogP contribution in [0, 0.1) is 13.8 Å². The molecule has 4 nitrogen and oxygen atoms in total. The van der Waals surface area contributed by atoms with Crippen molar-refractivity contribution in [2.45, 2.75) is 51.5 Å². The zero-order chi connectivity index (χ0) is 14.1. The Balaban J connectivity index is 1.82. The van der Waals surface area contributed by atoms with Gasteiger partial charge in [0.25, 0.3) is 0 Å². The number of nitrogens with zero attached hydrogens (tertiary/aromatic N) is 3. The van der Waals surface area contributed by atoms with Crippen LogP contribution in [0.15, 0.2) is 0 Å². The van der Waals surface area contributed by atoms with E-state index in [1.54, 1.807) is 5.56 Å². The van der Waals surface area contributed by atoms with Crippen LogP contribution in [0.3, 0.4) is 0 Å². The van der Waals surface area contributed by atoms with E-state index in [1.165, 1.54) is 50.2 Å². The molecule has 2 aliphatic rings. The standard InChI is InChI=1S/C16H28N4/c1-12-16(14-4-8-17-9-5-14)13(2)20(18-12)15-6-10-19(3)11-7-15/h14-15,17H,4-11H2,1-3H3. The van der Waals surface area contributed by atoms with E-state index in [1.807, 2.05) is 0 Å². The lowest BCUT2D eigenvalue weighted by Gasteiger charge is -2.30. The van der Waals surface area contributed by atoms with Crippen molar-refractivity contribution in [2.24, 2.45) is 0 Å². The molecule has 112 valence electrons. The highest BCUT2D eigenvalue weighted by Crippen LogP contribution is 2.33. The monoisotopic (exact) mass is 276 g/mol. The number of rotatable bonds is 2. The number of hydrogen-bond donors (Lipinski definition) is 1. The first kappa shape index (κ1) is 14.1. The molecule has 0 radical (unpaired) electrons. The Morgan fingerprint density at radius 3 is 2.35 bits per heavy atom. The van der Waals surface area contributed by atoms with Crippen LogP contribution in [0.1, 0.15) is 54.6 Å². The van der Waals surface area contributed by atoms with Crippen molar-refractivity contribution in [2.75, 3.05) is 33.2 Å². The van der Waals surface area contributed by atoms with Gasteiger partial charge in [0.2, 0.25) is 0 Å². The molecule has 2 aliphatic heterocycles. The zero-order valence-corrected chi connectivity index (χ0v) is 13.2. The first-order chi connectivity index (χ1) is 9.66. The first-order valence-corrected chi connectivity index (χ1v) is 8.11. The molecule has 0 aromatic carbocycles. The van der Waals surface area contributed by atoms with Crippen molar-refractivity contribution in [1.82, 2.24) is 20.0 Å². The van der Waals surface area contributed by atoms with E-state index in [9.17, 15) is 0 Å². The second kappa shape index (κ2) is 5.86. The minimum Gasteiger partial charge on any atom is -0.317 e. The van der Waals surface area contributed by atoms with Gasteiger partial charge in [0.15, 0.2) is 0 Å². The first-order valence-electron chi connectivity index (χ1n) is 8.11. The molecule has 3 heterocycles. The van der Waals surface area contributed by atoms with Crippen molar-refractivity contribution in [3.63, 3.8) is 0 Å². The van der Waals surface area contributed by atoms with E-state index in [0.717, 1.165) is 19.0 Å². The Morgan fingerprint density at radius 1 is 1.05 bits per heavy atom. The molecule has 0 aliphatic carbocycles. The minimum absolute atomic E-state index is 0.611. The number of likely N-dealkylation sites (tertiary alicyclic amines) is 1. The molecule has 4 heteroatoms.